The Bertz CT molecular complexity index is 783. The van der Waals surface area contributed by atoms with Gasteiger partial charge >= 0.3 is 12.1 Å². The van der Waals surface area contributed by atoms with Gasteiger partial charge in [0.2, 0.25) is 0 Å². The van der Waals surface area contributed by atoms with Gasteiger partial charge in [0.15, 0.2) is 6.79 Å². The summed E-state index contributed by atoms with van der Waals surface area (Å²) >= 11 is 0. The molecule has 2 aromatic carbocycles. The molecule has 0 heterocycles. The molecule has 0 unspecified atom stereocenters. The second kappa shape index (κ2) is 8.53. The number of hydrogen-bond donors (Lipinski definition) is 0. The summed E-state index contributed by atoms with van der Waals surface area (Å²) in [5.74, 6) is -0.544. The summed E-state index contributed by atoms with van der Waals surface area (Å²) in [6, 6.07) is 11.6. The van der Waals surface area contributed by atoms with Gasteiger partial charge in [-0.15, -0.1) is 0 Å². The molecule has 0 atom stereocenters. The average Bonchev–Trinajstić information content (AvgIpc) is 2.64. The number of carbonyl (C=O) groups is 1. The second-order valence-electron chi connectivity index (χ2n) is 5.21. The molecule has 7 heteroatoms. The van der Waals surface area contributed by atoms with E-state index in [9.17, 15) is 18.0 Å². The number of ether oxygens (including phenoxy) is 3. The standard InChI is InChI=1S/C19H17F3O4/c1-24-12-26-17-9-8-14(19(20,21)22)10-16(17)15(11-18(23)25-2)13-6-4-3-5-7-13/h3-11H,12H2,1-2H3. The molecule has 0 spiro atoms. The van der Waals surface area contributed by atoms with Crippen LogP contribution in [-0.4, -0.2) is 27.0 Å². The van der Waals surface area contributed by atoms with Crippen molar-refractivity contribution >= 4 is 11.5 Å². The van der Waals surface area contributed by atoms with Crippen LogP contribution in [-0.2, 0) is 20.4 Å². The van der Waals surface area contributed by atoms with Gasteiger partial charge < -0.3 is 14.2 Å². The normalized spacial score (nSPS) is 12.0. The smallest absolute Gasteiger partial charge is 0.416 e. The molecule has 0 fully saturated rings. The minimum atomic E-state index is -4.54. The number of benzene rings is 2. The first-order valence-electron chi connectivity index (χ1n) is 7.55. The Balaban J connectivity index is 2.67. The first-order chi connectivity index (χ1) is 12.4. The van der Waals surface area contributed by atoms with E-state index < -0.39 is 17.7 Å². The Morgan fingerprint density at radius 3 is 2.35 bits per heavy atom. The van der Waals surface area contributed by atoms with Crippen molar-refractivity contribution in [3.8, 4) is 5.75 Å². The van der Waals surface area contributed by atoms with Crippen molar-refractivity contribution in [2.24, 2.45) is 0 Å². The fourth-order valence-corrected chi connectivity index (χ4v) is 2.28. The van der Waals surface area contributed by atoms with E-state index in [-0.39, 0.29) is 23.7 Å². The highest BCUT2D eigenvalue weighted by atomic mass is 19.4. The molecule has 0 bridgehead atoms. The topological polar surface area (TPSA) is 44.8 Å². The fraction of sp³-hybridized carbons (Fsp3) is 0.211. The third kappa shape index (κ3) is 4.86. The lowest BCUT2D eigenvalue weighted by Crippen LogP contribution is -2.08. The molecule has 0 saturated carbocycles. The molecular weight excluding hydrogens is 349 g/mol. The highest BCUT2D eigenvalue weighted by Gasteiger charge is 2.31. The maximum absolute atomic E-state index is 13.2. The number of alkyl halides is 3. The van der Waals surface area contributed by atoms with Crippen molar-refractivity contribution in [2.45, 2.75) is 6.18 Å². The summed E-state index contributed by atoms with van der Waals surface area (Å²) < 4.78 is 54.4. The molecule has 4 nitrogen and oxygen atoms in total. The highest BCUT2D eigenvalue weighted by molar-refractivity contribution is 5.97. The summed E-state index contributed by atoms with van der Waals surface area (Å²) in [4.78, 5) is 11.8. The third-order valence-corrected chi connectivity index (χ3v) is 3.48. The number of esters is 1. The molecular formula is C19H17F3O4. The van der Waals surface area contributed by atoms with E-state index in [2.05, 4.69) is 4.74 Å². The predicted molar refractivity (Wildman–Crippen MR) is 89.5 cm³/mol. The van der Waals surface area contributed by atoms with Crippen molar-refractivity contribution in [2.75, 3.05) is 21.0 Å². The number of carbonyl (C=O) groups excluding carboxylic acids is 1. The van der Waals surface area contributed by atoms with Crippen LogP contribution < -0.4 is 4.74 Å². The first kappa shape index (κ1) is 19.5. The van der Waals surface area contributed by atoms with Crippen molar-refractivity contribution in [1.82, 2.24) is 0 Å². The van der Waals surface area contributed by atoms with Crippen LogP contribution in [0.15, 0.2) is 54.6 Å². The van der Waals surface area contributed by atoms with Gasteiger partial charge in [-0.25, -0.2) is 4.79 Å². The van der Waals surface area contributed by atoms with E-state index in [1.807, 2.05) is 0 Å². The number of hydrogen-bond acceptors (Lipinski definition) is 4. The van der Waals surface area contributed by atoms with Crippen molar-refractivity contribution in [3.63, 3.8) is 0 Å². The number of rotatable bonds is 6. The van der Waals surface area contributed by atoms with Crippen molar-refractivity contribution in [3.05, 3.63) is 71.3 Å². The van der Waals surface area contributed by atoms with Gasteiger partial charge in [0.25, 0.3) is 0 Å². The quantitative estimate of drug-likeness (QED) is 0.435. The van der Waals surface area contributed by atoms with Crippen LogP contribution in [0.5, 0.6) is 5.75 Å². The van der Waals surface area contributed by atoms with E-state index >= 15 is 0 Å². The van der Waals surface area contributed by atoms with Crippen LogP contribution >= 0.6 is 0 Å². The largest absolute Gasteiger partial charge is 0.467 e. The predicted octanol–water partition coefficient (Wildman–Crippen LogP) is 4.29. The average molecular weight is 366 g/mol. The molecule has 2 rings (SSSR count). The molecule has 0 radical (unpaired) electrons. The van der Waals surface area contributed by atoms with Crippen LogP contribution in [0.25, 0.3) is 5.57 Å². The molecule has 0 aromatic heterocycles. The Kier molecular flexibility index (Phi) is 6.41. The Morgan fingerprint density at radius 2 is 1.77 bits per heavy atom. The van der Waals surface area contributed by atoms with Crippen LogP contribution in [0, 0.1) is 0 Å². The van der Waals surface area contributed by atoms with Gasteiger partial charge in [-0.2, -0.15) is 13.2 Å². The minimum Gasteiger partial charge on any atom is -0.467 e. The summed E-state index contributed by atoms with van der Waals surface area (Å²) in [6.07, 6.45) is -3.41. The summed E-state index contributed by atoms with van der Waals surface area (Å²) in [6.45, 7) is -0.154. The van der Waals surface area contributed by atoms with Crippen LogP contribution in [0.1, 0.15) is 16.7 Å². The number of methoxy groups -OCH3 is 2. The molecule has 0 aliphatic heterocycles. The second-order valence-corrected chi connectivity index (χ2v) is 5.21. The van der Waals surface area contributed by atoms with Gasteiger partial charge in [-0.3, -0.25) is 0 Å². The zero-order chi connectivity index (χ0) is 19.2. The van der Waals surface area contributed by atoms with Crippen LogP contribution in [0.2, 0.25) is 0 Å². The van der Waals surface area contributed by atoms with Gasteiger partial charge in [0.1, 0.15) is 5.75 Å². The van der Waals surface area contributed by atoms with Gasteiger partial charge in [0, 0.05) is 18.7 Å². The summed E-state index contributed by atoms with van der Waals surface area (Å²) in [7, 11) is 2.59. The SMILES string of the molecule is COCOc1ccc(C(F)(F)F)cc1C(=CC(=O)OC)c1ccccc1. The minimum absolute atomic E-state index is 0.105. The molecule has 0 aliphatic rings. The summed E-state index contributed by atoms with van der Waals surface area (Å²) in [5, 5.41) is 0. The van der Waals surface area contributed by atoms with Crippen molar-refractivity contribution in [1.29, 1.82) is 0 Å². The Morgan fingerprint density at radius 1 is 1.08 bits per heavy atom. The maximum Gasteiger partial charge on any atom is 0.416 e. The Hall–Kier alpha value is -2.80. The van der Waals surface area contributed by atoms with Crippen LogP contribution in [0.4, 0.5) is 13.2 Å². The van der Waals surface area contributed by atoms with Crippen LogP contribution in [0.3, 0.4) is 0 Å². The Labute approximate surface area is 148 Å². The van der Waals surface area contributed by atoms with E-state index in [0.717, 1.165) is 18.2 Å². The number of halogens is 3. The van der Waals surface area contributed by atoms with Gasteiger partial charge in [0.05, 0.1) is 12.7 Å². The molecule has 0 saturated heterocycles. The van der Waals surface area contributed by atoms with Gasteiger partial charge in [-0.05, 0) is 29.3 Å². The third-order valence-electron chi connectivity index (χ3n) is 3.48. The molecule has 0 amide bonds. The molecule has 138 valence electrons. The molecule has 2 aromatic rings. The lowest BCUT2D eigenvalue weighted by atomic mass is 9.95. The van der Waals surface area contributed by atoms with E-state index in [1.54, 1.807) is 30.3 Å². The summed E-state index contributed by atoms with van der Waals surface area (Å²) in [5.41, 5.74) is 0.0339. The monoisotopic (exact) mass is 366 g/mol. The van der Waals surface area contributed by atoms with Gasteiger partial charge in [-0.1, -0.05) is 30.3 Å². The zero-order valence-corrected chi connectivity index (χ0v) is 14.2. The van der Waals surface area contributed by atoms with E-state index in [1.165, 1.54) is 20.3 Å². The highest BCUT2D eigenvalue weighted by Crippen LogP contribution is 2.37. The fourth-order valence-electron chi connectivity index (χ4n) is 2.28. The first-order valence-corrected chi connectivity index (χ1v) is 7.55. The zero-order valence-electron chi connectivity index (χ0n) is 14.2. The molecule has 0 aliphatic carbocycles. The van der Waals surface area contributed by atoms with E-state index in [0.29, 0.717) is 5.56 Å². The lowest BCUT2D eigenvalue weighted by Gasteiger charge is -2.17. The molecule has 26 heavy (non-hydrogen) atoms. The van der Waals surface area contributed by atoms with Crippen molar-refractivity contribution < 1.29 is 32.2 Å². The maximum atomic E-state index is 13.2. The van der Waals surface area contributed by atoms with E-state index in [4.69, 9.17) is 9.47 Å². The lowest BCUT2D eigenvalue weighted by molar-refractivity contribution is -0.137. The molecule has 0 N–H and O–H groups in total.